The Balaban J connectivity index is 4.10. The lowest BCUT2D eigenvalue weighted by Crippen LogP contribution is -2.48. The number of unbranched alkanes of at least 4 members (excludes halogenated alkanes) is 1. The van der Waals surface area contributed by atoms with E-state index in [1.165, 1.54) is 11.8 Å². The molecule has 0 saturated heterocycles. The number of halogens is 1. The molecule has 106 valence electrons. The predicted molar refractivity (Wildman–Crippen MR) is 75.1 cm³/mol. The van der Waals surface area contributed by atoms with Crippen molar-refractivity contribution in [2.45, 2.75) is 37.8 Å². The highest BCUT2D eigenvalue weighted by atomic mass is 35.5. The maximum atomic E-state index is 11.7. The van der Waals surface area contributed by atoms with Crippen molar-refractivity contribution in [1.29, 1.82) is 0 Å². The number of nitrogens with two attached hydrogens (primary N) is 1. The van der Waals surface area contributed by atoms with Gasteiger partial charge in [0.2, 0.25) is 5.91 Å². The minimum atomic E-state index is -1.02. The van der Waals surface area contributed by atoms with Gasteiger partial charge >= 0.3 is 5.97 Å². The molecule has 0 spiro atoms. The Kier molecular flexibility index (Phi) is 10.2. The molecule has 0 aliphatic heterocycles. The lowest BCUT2D eigenvalue weighted by Gasteiger charge is -2.17. The van der Waals surface area contributed by atoms with Crippen molar-refractivity contribution in [3.8, 4) is 0 Å². The van der Waals surface area contributed by atoms with Crippen molar-refractivity contribution in [3.05, 3.63) is 0 Å². The molecule has 0 aromatic carbocycles. The molecule has 2 atom stereocenters. The van der Waals surface area contributed by atoms with Gasteiger partial charge in [-0.2, -0.15) is 11.8 Å². The van der Waals surface area contributed by atoms with Gasteiger partial charge in [-0.3, -0.25) is 4.79 Å². The first-order chi connectivity index (χ1) is 8.52. The van der Waals surface area contributed by atoms with Crippen molar-refractivity contribution in [2.75, 3.05) is 17.9 Å². The van der Waals surface area contributed by atoms with E-state index in [9.17, 15) is 9.59 Å². The molecule has 0 radical (unpaired) electrons. The van der Waals surface area contributed by atoms with Crippen LogP contribution in [0, 0.1) is 0 Å². The molecule has 0 fully saturated rings. The summed E-state index contributed by atoms with van der Waals surface area (Å²) < 4.78 is 0. The monoisotopic (exact) mass is 296 g/mol. The highest BCUT2D eigenvalue weighted by Gasteiger charge is 2.22. The summed E-state index contributed by atoms with van der Waals surface area (Å²) >= 11 is 7.07. The second-order valence-electron chi connectivity index (χ2n) is 3.97. The number of amides is 1. The number of carbonyl (C=O) groups is 2. The SMILES string of the molecule is CSCC[C@@H](NC(=O)[C@@H](N)CCCCCl)C(=O)O. The maximum Gasteiger partial charge on any atom is 0.326 e. The van der Waals surface area contributed by atoms with Gasteiger partial charge in [0.15, 0.2) is 0 Å². The van der Waals surface area contributed by atoms with Crippen molar-refractivity contribution in [2.24, 2.45) is 5.73 Å². The van der Waals surface area contributed by atoms with Gasteiger partial charge in [-0.15, -0.1) is 11.6 Å². The van der Waals surface area contributed by atoms with E-state index < -0.39 is 24.0 Å². The predicted octanol–water partition coefficient (Wildman–Crippen LogP) is 1.05. The van der Waals surface area contributed by atoms with Gasteiger partial charge in [-0.25, -0.2) is 4.79 Å². The molecule has 5 nitrogen and oxygen atoms in total. The van der Waals surface area contributed by atoms with E-state index in [1.54, 1.807) is 0 Å². The largest absolute Gasteiger partial charge is 0.480 e. The summed E-state index contributed by atoms with van der Waals surface area (Å²) in [7, 11) is 0. The number of rotatable bonds is 10. The number of aliphatic carboxylic acids is 1. The van der Waals surface area contributed by atoms with Crippen LogP contribution in [0.1, 0.15) is 25.7 Å². The minimum absolute atomic E-state index is 0.399. The zero-order valence-electron chi connectivity index (χ0n) is 10.5. The number of alkyl halides is 1. The molecule has 0 bridgehead atoms. The highest BCUT2D eigenvalue weighted by Crippen LogP contribution is 2.04. The van der Waals surface area contributed by atoms with Crippen LogP contribution in [0.5, 0.6) is 0 Å². The number of hydrogen-bond donors (Lipinski definition) is 3. The first-order valence-corrected chi connectivity index (χ1v) is 7.79. The summed E-state index contributed by atoms with van der Waals surface area (Å²) in [5.41, 5.74) is 5.68. The van der Waals surface area contributed by atoms with Gasteiger partial charge in [-0.05, 0) is 31.3 Å². The standard InChI is InChI=1S/C11H21ClN2O3S/c1-18-7-5-9(11(16)17)14-10(15)8(13)4-2-3-6-12/h8-9H,2-7,13H2,1H3,(H,14,15)(H,16,17)/t8-,9+/m0/s1. The highest BCUT2D eigenvalue weighted by molar-refractivity contribution is 7.98. The van der Waals surface area contributed by atoms with Gasteiger partial charge in [-0.1, -0.05) is 6.42 Å². The first kappa shape index (κ1) is 17.5. The third-order valence-corrected chi connectivity index (χ3v) is 3.37. The number of carbonyl (C=O) groups excluding carboxylic acids is 1. The Morgan fingerprint density at radius 1 is 1.39 bits per heavy atom. The second-order valence-corrected chi connectivity index (χ2v) is 5.34. The fraction of sp³-hybridized carbons (Fsp3) is 0.818. The molecule has 0 aliphatic rings. The maximum absolute atomic E-state index is 11.7. The van der Waals surface area contributed by atoms with Crippen LogP contribution in [0.4, 0.5) is 0 Å². The molecule has 0 unspecified atom stereocenters. The van der Waals surface area contributed by atoms with Gasteiger partial charge in [0, 0.05) is 5.88 Å². The van der Waals surface area contributed by atoms with Crippen molar-refractivity contribution >= 4 is 35.2 Å². The van der Waals surface area contributed by atoms with Crippen LogP contribution in [-0.4, -0.2) is 47.0 Å². The summed E-state index contributed by atoms with van der Waals surface area (Å²) in [5.74, 6) is -0.207. The molecule has 0 aromatic heterocycles. The summed E-state index contributed by atoms with van der Waals surface area (Å²) in [5, 5.41) is 11.4. The van der Waals surface area contributed by atoms with E-state index in [0.717, 1.165) is 12.8 Å². The molecule has 0 saturated carbocycles. The first-order valence-electron chi connectivity index (χ1n) is 5.86. The molecular weight excluding hydrogens is 276 g/mol. The zero-order chi connectivity index (χ0) is 14.0. The molecule has 0 aliphatic carbocycles. The van der Waals surface area contributed by atoms with Crippen LogP contribution in [0.2, 0.25) is 0 Å². The van der Waals surface area contributed by atoms with Crippen molar-refractivity contribution in [1.82, 2.24) is 5.32 Å². The van der Waals surface area contributed by atoms with Gasteiger partial charge < -0.3 is 16.2 Å². The van der Waals surface area contributed by atoms with E-state index in [2.05, 4.69) is 5.32 Å². The van der Waals surface area contributed by atoms with E-state index in [4.69, 9.17) is 22.4 Å². The zero-order valence-corrected chi connectivity index (χ0v) is 12.1. The Morgan fingerprint density at radius 2 is 2.06 bits per heavy atom. The van der Waals surface area contributed by atoms with Gasteiger partial charge in [0.05, 0.1) is 6.04 Å². The summed E-state index contributed by atoms with van der Waals surface area (Å²) in [4.78, 5) is 22.6. The van der Waals surface area contributed by atoms with E-state index >= 15 is 0 Å². The Bertz CT molecular complexity index is 267. The van der Waals surface area contributed by atoms with Gasteiger partial charge in [0.1, 0.15) is 6.04 Å². The molecule has 4 N–H and O–H groups in total. The minimum Gasteiger partial charge on any atom is -0.480 e. The fourth-order valence-corrected chi connectivity index (χ4v) is 2.02. The molecule has 0 heterocycles. The topological polar surface area (TPSA) is 92.4 Å². The van der Waals surface area contributed by atoms with E-state index in [-0.39, 0.29) is 0 Å². The van der Waals surface area contributed by atoms with Crippen LogP contribution >= 0.6 is 23.4 Å². The average molecular weight is 297 g/mol. The van der Waals surface area contributed by atoms with Crippen LogP contribution in [0.15, 0.2) is 0 Å². The Labute approximate surface area is 117 Å². The molecule has 18 heavy (non-hydrogen) atoms. The Hall–Kier alpha value is -0.460. The third-order valence-electron chi connectivity index (χ3n) is 2.46. The smallest absolute Gasteiger partial charge is 0.326 e. The summed E-state index contributed by atoms with van der Waals surface area (Å²) in [6, 6.07) is -1.52. The van der Waals surface area contributed by atoms with Crippen LogP contribution < -0.4 is 11.1 Å². The molecule has 0 rings (SSSR count). The fourth-order valence-electron chi connectivity index (χ4n) is 1.36. The van der Waals surface area contributed by atoms with Crippen LogP contribution in [0.3, 0.4) is 0 Å². The summed E-state index contributed by atoms with van der Waals surface area (Å²) in [6.07, 6.45) is 4.38. The molecule has 1 amide bonds. The number of thioether (sulfide) groups is 1. The summed E-state index contributed by atoms with van der Waals surface area (Å²) in [6.45, 7) is 0. The average Bonchev–Trinajstić information content (AvgIpc) is 2.33. The van der Waals surface area contributed by atoms with Crippen LogP contribution in [-0.2, 0) is 9.59 Å². The van der Waals surface area contributed by atoms with E-state index in [1.807, 2.05) is 6.26 Å². The van der Waals surface area contributed by atoms with Crippen molar-refractivity contribution < 1.29 is 14.7 Å². The number of carboxylic acid groups (broad SMARTS) is 1. The molecular formula is C11H21ClN2O3S. The van der Waals surface area contributed by atoms with Crippen LogP contribution in [0.25, 0.3) is 0 Å². The lowest BCUT2D eigenvalue weighted by atomic mass is 10.1. The van der Waals surface area contributed by atoms with E-state index in [0.29, 0.717) is 24.5 Å². The number of nitrogens with one attached hydrogen (secondary N) is 1. The number of hydrogen-bond acceptors (Lipinski definition) is 4. The quantitative estimate of drug-likeness (QED) is 0.414. The molecule has 7 heteroatoms. The molecule has 0 aromatic rings. The second kappa shape index (κ2) is 10.5. The van der Waals surface area contributed by atoms with Gasteiger partial charge in [0.25, 0.3) is 0 Å². The lowest BCUT2D eigenvalue weighted by molar-refractivity contribution is -0.142. The number of carboxylic acids is 1. The third kappa shape index (κ3) is 7.79. The normalized spacial score (nSPS) is 13.9. The Morgan fingerprint density at radius 3 is 2.56 bits per heavy atom. The van der Waals surface area contributed by atoms with Crippen molar-refractivity contribution in [3.63, 3.8) is 0 Å².